The van der Waals surface area contributed by atoms with Gasteiger partial charge in [-0.1, -0.05) is 0 Å². The highest BCUT2D eigenvalue weighted by Gasteiger charge is 2.22. The fraction of sp³-hybridized carbons (Fsp3) is 0.167. The molecule has 2 aromatic carbocycles. The minimum Gasteiger partial charge on any atom is -0.508 e. The Bertz CT molecular complexity index is 609. The number of phenolic OH excluding ortho intramolecular Hbond substituents is 1. The maximum Gasteiger partial charge on any atom is 0.204 e. The molecule has 0 radical (unpaired) electrons. The highest BCUT2D eigenvalue weighted by atomic mass is 19.2. The van der Waals surface area contributed by atoms with E-state index in [9.17, 15) is 18.3 Å². The van der Waals surface area contributed by atoms with Crippen LogP contribution in [0.3, 0.4) is 0 Å². The van der Waals surface area contributed by atoms with E-state index in [0.29, 0.717) is 5.56 Å². The van der Waals surface area contributed by atoms with Gasteiger partial charge in [-0.25, -0.2) is 8.78 Å². The smallest absolute Gasteiger partial charge is 0.204 e. The topological polar surface area (TPSA) is 29.5 Å². The van der Waals surface area contributed by atoms with Crippen LogP contribution in [0.4, 0.5) is 13.2 Å². The van der Waals surface area contributed by atoms with Crippen molar-refractivity contribution >= 4 is 10.8 Å². The molecule has 5 heteroatoms. The summed E-state index contributed by atoms with van der Waals surface area (Å²) >= 11 is 0. The maximum absolute atomic E-state index is 13.6. The average molecular weight is 242 g/mol. The van der Waals surface area contributed by atoms with Gasteiger partial charge in [-0.3, -0.25) is 0 Å². The van der Waals surface area contributed by atoms with Gasteiger partial charge in [0.15, 0.2) is 17.4 Å². The number of ether oxygens (including phenoxy) is 1. The molecule has 0 aliphatic heterocycles. The van der Waals surface area contributed by atoms with Gasteiger partial charge in [0.2, 0.25) is 5.82 Å². The second-order valence-corrected chi connectivity index (χ2v) is 3.66. The van der Waals surface area contributed by atoms with Crippen molar-refractivity contribution in [3.8, 4) is 11.5 Å². The predicted molar refractivity (Wildman–Crippen MR) is 56.8 cm³/mol. The second kappa shape index (κ2) is 3.84. The summed E-state index contributed by atoms with van der Waals surface area (Å²) in [7, 11) is 1.17. The summed E-state index contributed by atoms with van der Waals surface area (Å²) in [4.78, 5) is 0. The normalized spacial score (nSPS) is 10.9. The number of methoxy groups -OCH3 is 1. The minimum absolute atomic E-state index is 0.113. The van der Waals surface area contributed by atoms with Crippen LogP contribution in [0.15, 0.2) is 12.1 Å². The predicted octanol–water partition coefficient (Wildman–Crippen LogP) is 3.28. The molecule has 1 N–H and O–H groups in total. The fourth-order valence-electron chi connectivity index (χ4n) is 1.86. The van der Waals surface area contributed by atoms with Crippen molar-refractivity contribution in [3.05, 3.63) is 35.1 Å². The van der Waals surface area contributed by atoms with Crippen LogP contribution in [0.25, 0.3) is 10.8 Å². The second-order valence-electron chi connectivity index (χ2n) is 3.66. The van der Waals surface area contributed by atoms with Crippen LogP contribution in [0.5, 0.6) is 11.5 Å². The molecule has 0 saturated carbocycles. The molecular formula is C12H9F3O2. The van der Waals surface area contributed by atoms with Gasteiger partial charge in [0.05, 0.1) is 7.11 Å². The van der Waals surface area contributed by atoms with Crippen LogP contribution < -0.4 is 4.74 Å². The summed E-state index contributed by atoms with van der Waals surface area (Å²) in [6.07, 6.45) is 0. The lowest BCUT2D eigenvalue weighted by Crippen LogP contribution is -1.99. The maximum atomic E-state index is 13.6. The highest BCUT2D eigenvalue weighted by Crippen LogP contribution is 2.37. The number of benzene rings is 2. The summed E-state index contributed by atoms with van der Waals surface area (Å²) in [5.41, 5.74) is 0.398. The Balaban J connectivity index is 3.06. The molecule has 0 spiro atoms. The van der Waals surface area contributed by atoms with Crippen molar-refractivity contribution in [2.45, 2.75) is 6.92 Å². The SMILES string of the molecule is COc1c(F)c(F)c(F)c2cc(O)cc(C)c12. The van der Waals surface area contributed by atoms with Crippen molar-refractivity contribution in [2.24, 2.45) is 0 Å². The first kappa shape index (κ1) is 11.6. The van der Waals surface area contributed by atoms with Crippen LogP contribution >= 0.6 is 0 Å². The van der Waals surface area contributed by atoms with Gasteiger partial charge in [0, 0.05) is 10.8 Å². The molecule has 2 nitrogen and oxygen atoms in total. The van der Waals surface area contributed by atoms with Gasteiger partial charge < -0.3 is 9.84 Å². The number of fused-ring (bicyclic) bond motifs is 1. The van der Waals surface area contributed by atoms with Crippen LogP contribution in [0, 0.1) is 24.4 Å². The van der Waals surface area contributed by atoms with E-state index in [0.717, 1.165) is 6.07 Å². The summed E-state index contributed by atoms with van der Waals surface area (Å²) in [5.74, 6) is -4.90. The zero-order valence-corrected chi connectivity index (χ0v) is 9.14. The van der Waals surface area contributed by atoms with Crippen molar-refractivity contribution in [3.63, 3.8) is 0 Å². The number of aromatic hydroxyl groups is 1. The molecule has 0 aliphatic carbocycles. The molecule has 0 aromatic heterocycles. The van der Waals surface area contributed by atoms with Gasteiger partial charge in [-0.2, -0.15) is 4.39 Å². The first-order valence-corrected chi connectivity index (χ1v) is 4.81. The van der Waals surface area contributed by atoms with Crippen LogP contribution in [-0.2, 0) is 0 Å². The lowest BCUT2D eigenvalue weighted by atomic mass is 10.0. The van der Waals surface area contributed by atoms with Crippen LogP contribution in [0.2, 0.25) is 0 Å². The quantitative estimate of drug-likeness (QED) is 0.777. The molecule has 0 fully saturated rings. The molecule has 90 valence electrons. The van der Waals surface area contributed by atoms with E-state index in [-0.39, 0.29) is 22.3 Å². The van der Waals surface area contributed by atoms with Crippen molar-refractivity contribution in [2.75, 3.05) is 7.11 Å². The lowest BCUT2D eigenvalue weighted by Gasteiger charge is -2.11. The van der Waals surface area contributed by atoms with Gasteiger partial charge in [-0.15, -0.1) is 0 Å². The number of halogens is 3. The Morgan fingerprint density at radius 3 is 2.29 bits per heavy atom. The monoisotopic (exact) mass is 242 g/mol. The molecule has 0 aliphatic rings. The van der Waals surface area contributed by atoms with Crippen molar-refractivity contribution in [1.82, 2.24) is 0 Å². The molecule has 2 aromatic rings. The van der Waals surface area contributed by atoms with Crippen LogP contribution in [0.1, 0.15) is 5.56 Å². The summed E-state index contributed by atoms with van der Waals surface area (Å²) in [5, 5.41) is 9.24. The molecule has 0 amide bonds. The molecule has 0 heterocycles. The Morgan fingerprint density at radius 1 is 1.06 bits per heavy atom. The third-order valence-corrected chi connectivity index (χ3v) is 2.57. The zero-order chi connectivity index (χ0) is 12.7. The van der Waals surface area contributed by atoms with Gasteiger partial charge >= 0.3 is 0 Å². The van der Waals surface area contributed by atoms with E-state index in [1.165, 1.54) is 13.2 Å². The highest BCUT2D eigenvalue weighted by molar-refractivity contribution is 5.93. The Hall–Kier alpha value is -1.91. The summed E-state index contributed by atoms with van der Waals surface area (Å²) < 4.78 is 45.0. The molecule has 17 heavy (non-hydrogen) atoms. The van der Waals surface area contributed by atoms with E-state index >= 15 is 0 Å². The Kier molecular flexibility index (Phi) is 2.61. The standard InChI is InChI=1S/C12H9F3O2/c1-5-3-6(16)4-7-8(5)12(17-2)11(15)10(14)9(7)13/h3-4,16H,1-2H3. The van der Waals surface area contributed by atoms with Crippen molar-refractivity contribution in [1.29, 1.82) is 0 Å². The molecule has 0 saturated heterocycles. The number of phenols is 1. The van der Waals surface area contributed by atoms with E-state index in [1.54, 1.807) is 6.92 Å². The lowest BCUT2D eigenvalue weighted by molar-refractivity contribution is 0.367. The minimum atomic E-state index is -1.61. The van der Waals surface area contributed by atoms with E-state index in [1.807, 2.05) is 0 Å². The molecule has 0 atom stereocenters. The largest absolute Gasteiger partial charge is 0.508 e. The number of hydrogen-bond donors (Lipinski definition) is 1. The zero-order valence-electron chi connectivity index (χ0n) is 9.14. The summed E-state index contributed by atoms with van der Waals surface area (Å²) in [6.45, 7) is 1.54. The summed E-state index contributed by atoms with van der Waals surface area (Å²) in [6, 6.07) is 2.35. The molecule has 0 unspecified atom stereocenters. The van der Waals surface area contributed by atoms with Gasteiger partial charge in [-0.05, 0) is 24.6 Å². The third-order valence-electron chi connectivity index (χ3n) is 2.57. The molecule has 2 rings (SSSR count). The van der Waals surface area contributed by atoms with E-state index < -0.39 is 17.5 Å². The molecular weight excluding hydrogens is 233 g/mol. The first-order chi connectivity index (χ1) is 7.97. The fourth-order valence-corrected chi connectivity index (χ4v) is 1.86. The third kappa shape index (κ3) is 1.58. The van der Waals surface area contributed by atoms with Crippen LogP contribution in [-0.4, -0.2) is 12.2 Å². The first-order valence-electron chi connectivity index (χ1n) is 4.81. The number of aryl methyl sites for hydroxylation is 1. The Labute approximate surface area is 95.2 Å². The number of hydrogen-bond acceptors (Lipinski definition) is 2. The van der Waals surface area contributed by atoms with Gasteiger partial charge in [0.1, 0.15) is 5.75 Å². The number of rotatable bonds is 1. The van der Waals surface area contributed by atoms with E-state index in [4.69, 9.17) is 4.74 Å². The molecule has 0 bridgehead atoms. The van der Waals surface area contributed by atoms with Crippen molar-refractivity contribution < 1.29 is 23.0 Å². The Morgan fingerprint density at radius 2 is 1.71 bits per heavy atom. The van der Waals surface area contributed by atoms with E-state index in [2.05, 4.69) is 0 Å². The average Bonchev–Trinajstić information content (AvgIpc) is 2.28. The van der Waals surface area contributed by atoms with Gasteiger partial charge in [0.25, 0.3) is 0 Å².